The number of ether oxygens (including phenoxy) is 3. The van der Waals surface area contributed by atoms with Crippen LogP contribution in [0.3, 0.4) is 0 Å². The van der Waals surface area contributed by atoms with Crippen LogP contribution in [0, 0.1) is 6.92 Å². The van der Waals surface area contributed by atoms with E-state index in [0.29, 0.717) is 37.9 Å². The Labute approximate surface area is 185 Å². The van der Waals surface area contributed by atoms with Crippen molar-refractivity contribution in [3.8, 4) is 11.6 Å². The molecule has 3 rings (SSSR count). The molecule has 8 nitrogen and oxygen atoms in total. The van der Waals surface area contributed by atoms with Crippen LogP contribution in [0.1, 0.15) is 32.7 Å². The Bertz CT molecular complexity index is 1100. The van der Waals surface area contributed by atoms with Gasteiger partial charge in [-0.1, -0.05) is 12.1 Å². The number of benzene rings is 1. The summed E-state index contributed by atoms with van der Waals surface area (Å²) in [7, 11) is 2.98. The van der Waals surface area contributed by atoms with Crippen LogP contribution in [0.2, 0.25) is 0 Å². The molecular weight excluding hydrogens is 451 g/mol. The number of fused-ring (bicyclic) bond motifs is 1. The maximum atomic E-state index is 12.7. The maximum Gasteiger partial charge on any atom is 0.573 e. The number of rotatable bonds is 8. The normalized spacial score (nSPS) is 12.6. The fourth-order valence-electron chi connectivity index (χ4n) is 2.98. The lowest BCUT2D eigenvalue weighted by atomic mass is 10.1. The molecule has 0 radical (unpaired) electrons. The van der Waals surface area contributed by atoms with Crippen LogP contribution < -0.4 is 14.8 Å². The molecular formula is C20H20F3N3O5S. The minimum atomic E-state index is -4.80. The SMILES string of the molecule is COCc1nc(OC)c2c(C)c(C(=O)NCC(O)c3ccc(OC(F)(F)F)cc3)sc2n1. The van der Waals surface area contributed by atoms with Gasteiger partial charge in [0, 0.05) is 13.7 Å². The maximum absolute atomic E-state index is 12.7. The van der Waals surface area contributed by atoms with Gasteiger partial charge < -0.3 is 24.6 Å². The number of aryl methyl sites for hydroxylation is 1. The molecule has 0 aliphatic heterocycles. The highest BCUT2D eigenvalue weighted by atomic mass is 32.1. The number of nitrogens with one attached hydrogen (secondary N) is 1. The van der Waals surface area contributed by atoms with E-state index >= 15 is 0 Å². The molecule has 1 atom stereocenters. The average Bonchev–Trinajstić information content (AvgIpc) is 3.07. The molecule has 172 valence electrons. The Morgan fingerprint density at radius 3 is 2.50 bits per heavy atom. The van der Waals surface area contributed by atoms with E-state index in [9.17, 15) is 23.1 Å². The van der Waals surface area contributed by atoms with Crippen molar-refractivity contribution in [2.24, 2.45) is 0 Å². The first-order valence-corrected chi connectivity index (χ1v) is 10.1. The zero-order chi connectivity index (χ0) is 23.5. The van der Waals surface area contributed by atoms with Crippen molar-refractivity contribution in [3.05, 3.63) is 46.1 Å². The third-order valence-electron chi connectivity index (χ3n) is 4.43. The van der Waals surface area contributed by atoms with Crippen molar-refractivity contribution in [1.29, 1.82) is 0 Å². The highest BCUT2D eigenvalue weighted by Gasteiger charge is 2.31. The van der Waals surface area contributed by atoms with Crippen LogP contribution in [0.5, 0.6) is 11.6 Å². The van der Waals surface area contributed by atoms with E-state index in [1.807, 2.05) is 0 Å². The summed E-state index contributed by atoms with van der Waals surface area (Å²) in [6.07, 6.45) is -5.93. The van der Waals surface area contributed by atoms with Gasteiger partial charge in [0.15, 0.2) is 5.82 Å². The van der Waals surface area contributed by atoms with Crippen LogP contribution in [0.4, 0.5) is 13.2 Å². The predicted molar refractivity (Wildman–Crippen MR) is 110 cm³/mol. The molecule has 0 aliphatic rings. The Morgan fingerprint density at radius 2 is 1.91 bits per heavy atom. The van der Waals surface area contributed by atoms with E-state index in [2.05, 4.69) is 20.0 Å². The average molecular weight is 471 g/mol. The number of carbonyl (C=O) groups is 1. The number of hydrogen-bond acceptors (Lipinski definition) is 8. The van der Waals surface area contributed by atoms with E-state index in [4.69, 9.17) is 9.47 Å². The zero-order valence-corrected chi connectivity index (χ0v) is 18.1. The van der Waals surface area contributed by atoms with Crippen molar-refractivity contribution < 1.29 is 37.3 Å². The smallest absolute Gasteiger partial charge is 0.480 e. The monoisotopic (exact) mass is 471 g/mol. The number of methoxy groups -OCH3 is 2. The number of alkyl halides is 3. The Kier molecular flexibility index (Phi) is 7.16. The third-order valence-corrected chi connectivity index (χ3v) is 5.62. The summed E-state index contributed by atoms with van der Waals surface area (Å²) in [5.74, 6) is -0.0901. The summed E-state index contributed by atoms with van der Waals surface area (Å²) in [4.78, 5) is 22.3. The van der Waals surface area contributed by atoms with Gasteiger partial charge in [-0.3, -0.25) is 4.79 Å². The topological polar surface area (TPSA) is 103 Å². The number of aliphatic hydroxyl groups excluding tert-OH is 1. The largest absolute Gasteiger partial charge is 0.573 e. The summed E-state index contributed by atoms with van der Waals surface area (Å²) < 4.78 is 50.9. The number of aliphatic hydroxyl groups is 1. The van der Waals surface area contributed by atoms with Crippen molar-refractivity contribution in [3.63, 3.8) is 0 Å². The first-order valence-electron chi connectivity index (χ1n) is 9.27. The first-order chi connectivity index (χ1) is 15.1. The Hall–Kier alpha value is -2.96. The zero-order valence-electron chi connectivity index (χ0n) is 17.3. The molecule has 0 saturated heterocycles. The second-order valence-corrected chi connectivity index (χ2v) is 7.66. The molecule has 0 fully saturated rings. The molecule has 1 unspecified atom stereocenters. The number of hydrogen-bond donors (Lipinski definition) is 2. The lowest BCUT2D eigenvalue weighted by Gasteiger charge is -2.13. The second kappa shape index (κ2) is 9.67. The van der Waals surface area contributed by atoms with E-state index in [1.165, 1.54) is 26.4 Å². The number of carbonyl (C=O) groups excluding carboxylic acids is 1. The van der Waals surface area contributed by atoms with Gasteiger partial charge in [0.25, 0.3) is 5.91 Å². The van der Waals surface area contributed by atoms with Gasteiger partial charge in [0.1, 0.15) is 17.2 Å². The number of amides is 1. The molecule has 3 aromatic rings. The van der Waals surface area contributed by atoms with Crippen molar-refractivity contribution in [1.82, 2.24) is 15.3 Å². The molecule has 0 bridgehead atoms. The molecule has 0 spiro atoms. The van der Waals surface area contributed by atoms with E-state index < -0.39 is 24.1 Å². The molecule has 12 heteroatoms. The molecule has 32 heavy (non-hydrogen) atoms. The lowest BCUT2D eigenvalue weighted by molar-refractivity contribution is -0.274. The van der Waals surface area contributed by atoms with Gasteiger partial charge in [-0.05, 0) is 30.2 Å². The Morgan fingerprint density at radius 1 is 1.22 bits per heavy atom. The molecule has 1 amide bonds. The van der Waals surface area contributed by atoms with E-state index in [-0.39, 0.29) is 13.2 Å². The molecule has 2 heterocycles. The van der Waals surface area contributed by atoms with Gasteiger partial charge >= 0.3 is 6.36 Å². The van der Waals surface area contributed by atoms with E-state index in [0.717, 1.165) is 23.5 Å². The lowest BCUT2D eigenvalue weighted by Crippen LogP contribution is -2.28. The fraction of sp³-hybridized carbons (Fsp3) is 0.350. The van der Waals surface area contributed by atoms with Gasteiger partial charge in [0.05, 0.1) is 23.5 Å². The highest BCUT2D eigenvalue weighted by Crippen LogP contribution is 2.35. The summed E-state index contributed by atoms with van der Waals surface area (Å²) >= 11 is 1.15. The van der Waals surface area contributed by atoms with Gasteiger partial charge in [-0.25, -0.2) is 4.98 Å². The van der Waals surface area contributed by atoms with Crippen LogP contribution in [-0.4, -0.2) is 48.1 Å². The quantitative estimate of drug-likeness (QED) is 0.518. The third kappa shape index (κ3) is 5.44. The standard InChI is InChI=1S/C20H20F3N3O5S/c1-10-15-18(30-3)25-14(9-29-2)26-19(15)32-16(10)17(28)24-8-13(27)11-4-6-12(7-5-11)31-20(21,22)23/h4-7,13,27H,8-9H2,1-3H3,(H,24,28). The van der Waals surface area contributed by atoms with Crippen molar-refractivity contribution in [2.45, 2.75) is 26.0 Å². The summed E-state index contributed by atoms with van der Waals surface area (Å²) in [5, 5.41) is 13.5. The molecule has 0 aliphatic carbocycles. The van der Waals surface area contributed by atoms with Gasteiger partial charge in [-0.15, -0.1) is 24.5 Å². The predicted octanol–water partition coefficient (Wildman–Crippen LogP) is 3.52. The van der Waals surface area contributed by atoms with Crippen molar-refractivity contribution in [2.75, 3.05) is 20.8 Å². The van der Waals surface area contributed by atoms with Gasteiger partial charge in [0.2, 0.25) is 5.88 Å². The van der Waals surface area contributed by atoms with Gasteiger partial charge in [-0.2, -0.15) is 4.98 Å². The first kappa shape index (κ1) is 23.7. The number of nitrogens with zero attached hydrogens (tertiary/aromatic N) is 2. The minimum Gasteiger partial charge on any atom is -0.480 e. The fourth-order valence-corrected chi connectivity index (χ4v) is 4.09. The highest BCUT2D eigenvalue weighted by molar-refractivity contribution is 7.20. The number of halogens is 3. The van der Waals surface area contributed by atoms with E-state index in [1.54, 1.807) is 6.92 Å². The minimum absolute atomic E-state index is 0.149. The summed E-state index contributed by atoms with van der Waals surface area (Å²) in [6, 6.07) is 4.76. The molecule has 2 aromatic heterocycles. The second-order valence-electron chi connectivity index (χ2n) is 6.66. The van der Waals surface area contributed by atoms with Crippen LogP contribution in [-0.2, 0) is 11.3 Å². The van der Waals surface area contributed by atoms with Crippen LogP contribution in [0.15, 0.2) is 24.3 Å². The van der Waals surface area contributed by atoms with Crippen LogP contribution in [0.25, 0.3) is 10.2 Å². The van der Waals surface area contributed by atoms with Crippen LogP contribution >= 0.6 is 11.3 Å². The van der Waals surface area contributed by atoms with Crippen molar-refractivity contribution >= 4 is 27.5 Å². The summed E-state index contributed by atoms with van der Waals surface area (Å²) in [5.41, 5.74) is 0.955. The summed E-state index contributed by atoms with van der Waals surface area (Å²) in [6.45, 7) is 1.78. The Balaban J connectivity index is 1.72. The molecule has 2 N–H and O–H groups in total. The molecule has 1 aromatic carbocycles. The number of aromatic nitrogens is 2. The number of thiophene rings is 1. The molecule has 0 saturated carbocycles.